The minimum Gasteiger partial charge on any atom is -0.457 e. The third-order valence-corrected chi connectivity index (χ3v) is 14.7. The molecule has 3 aromatic carbocycles. The quantitative estimate of drug-likeness (QED) is 0.124. The van der Waals surface area contributed by atoms with Crippen LogP contribution in [-0.2, 0) is 34.2 Å². The maximum Gasteiger partial charge on any atom is 0.306 e. The minimum absolute atomic E-state index is 0.0430. The van der Waals surface area contributed by atoms with E-state index in [1.807, 2.05) is 49.8 Å². The Morgan fingerprint density at radius 3 is 2.15 bits per heavy atom. The summed E-state index contributed by atoms with van der Waals surface area (Å²) in [6, 6.07) is 28.8. The molecule has 0 radical (unpaired) electrons. The number of fused-ring (bicyclic) bond motifs is 5. The van der Waals surface area contributed by atoms with Crippen molar-refractivity contribution >= 4 is 35.1 Å². The first-order valence-corrected chi connectivity index (χ1v) is 21.6. The number of carbonyl (C=O) groups excluding carboxylic acids is 4. The molecule has 9 nitrogen and oxygen atoms in total. The Hall–Kier alpha value is -5.19. The standard InChI is InChI=1S/C28H37FO7.C22H17ClN2/c1-6-23(33)35-15-22(32)28(36-24(34)7-2)16(3)12-20-19-9-8-17-13-18(30)10-11-25(17,4)27(19,29)21(31)14-26(20,28)5;23-21-14-8-7-13-20(21)22(25-16-15-24-17-25,18-9-3-1-4-10-18)19-11-5-2-6-12-19/h10-11,13,16,19-21,31H,6-9,12,14-15H2,1-5H3;1-17H. The second kappa shape index (κ2) is 16.9. The highest BCUT2D eigenvalue weighted by molar-refractivity contribution is 6.31. The third-order valence-electron chi connectivity index (χ3n) is 14.4. The van der Waals surface area contributed by atoms with Gasteiger partial charge in [0.1, 0.15) is 5.54 Å². The summed E-state index contributed by atoms with van der Waals surface area (Å²) in [5.41, 5.74) is -2.56. The number of aliphatic hydroxyl groups is 1. The summed E-state index contributed by atoms with van der Waals surface area (Å²) in [5, 5.41) is 12.3. The molecule has 320 valence electrons. The van der Waals surface area contributed by atoms with Crippen LogP contribution in [0.5, 0.6) is 0 Å². The van der Waals surface area contributed by atoms with E-state index in [-0.39, 0.29) is 31.0 Å². The summed E-state index contributed by atoms with van der Waals surface area (Å²) in [6.07, 6.45) is 9.96. The Morgan fingerprint density at radius 1 is 0.934 bits per heavy atom. The van der Waals surface area contributed by atoms with Crippen LogP contribution in [0.4, 0.5) is 4.39 Å². The highest BCUT2D eigenvalue weighted by Crippen LogP contribution is 2.71. The largest absolute Gasteiger partial charge is 0.457 e. The fraction of sp³-hybridized carbons (Fsp3) is 0.420. The van der Waals surface area contributed by atoms with Crippen molar-refractivity contribution in [2.45, 2.75) is 96.1 Å². The lowest BCUT2D eigenvalue weighted by atomic mass is 9.44. The number of esters is 2. The lowest BCUT2D eigenvalue weighted by Crippen LogP contribution is -2.70. The van der Waals surface area contributed by atoms with E-state index in [1.54, 1.807) is 40.0 Å². The first-order chi connectivity index (χ1) is 29.1. The highest BCUT2D eigenvalue weighted by Gasteiger charge is 2.77. The predicted molar refractivity (Wildman–Crippen MR) is 230 cm³/mol. The molecule has 0 saturated heterocycles. The van der Waals surface area contributed by atoms with Crippen LogP contribution < -0.4 is 0 Å². The zero-order chi connectivity index (χ0) is 43.8. The van der Waals surface area contributed by atoms with Crippen molar-refractivity contribution in [3.63, 3.8) is 0 Å². The van der Waals surface area contributed by atoms with Gasteiger partial charge in [0.25, 0.3) is 0 Å². The predicted octanol–water partition coefficient (Wildman–Crippen LogP) is 9.19. The van der Waals surface area contributed by atoms with E-state index in [2.05, 4.69) is 64.1 Å². The second-order valence-electron chi connectivity index (χ2n) is 17.3. The summed E-state index contributed by atoms with van der Waals surface area (Å²) in [6.45, 7) is 8.05. The number of ketones is 2. The fourth-order valence-corrected chi connectivity index (χ4v) is 11.8. The SMILES string of the molecule is CCC(=O)OCC(=O)C1(OC(=O)CC)C(C)CC2C3CCC4=CC(=O)C=CC4(C)C3(F)C(O)CC21C.Clc1ccccc1C(c1ccccc1)(c1ccccc1)n1ccnc1. The molecule has 1 heterocycles. The maximum atomic E-state index is 17.4. The van der Waals surface area contributed by atoms with Crippen LogP contribution in [0.1, 0.15) is 89.8 Å². The number of Topliss-reactive ketones (excluding diaryl/α,β-unsaturated/α-hetero) is 1. The normalized spacial score (nSPS) is 30.1. The molecule has 4 aliphatic carbocycles. The molecule has 8 rings (SSSR count). The van der Waals surface area contributed by atoms with Crippen LogP contribution >= 0.6 is 11.6 Å². The second-order valence-corrected chi connectivity index (χ2v) is 17.7. The van der Waals surface area contributed by atoms with Gasteiger partial charge >= 0.3 is 11.9 Å². The van der Waals surface area contributed by atoms with E-state index in [4.69, 9.17) is 21.1 Å². The molecule has 0 bridgehead atoms. The van der Waals surface area contributed by atoms with Crippen molar-refractivity contribution in [1.29, 1.82) is 0 Å². The van der Waals surface area contributed by atoms with Gasteiger partial charge in [-0.25, -0.2) is 9.37 Å². The molecule has 3 saturated carbocycles. The number of rotatable bonds is 10. The van der Waals surface area contributed by atoms with Crippen LogP contribution in [0.15, 0.2) is 127 Å². The number of allylic oxidation sites excluding steroid dienone is 4. The van der Waals surface area contributed by atoms with Gasteiger partial charge in [-0.1, -0.05) is 130 Å². The summed E-state index contributed by atoms with van der Waals surface area (Å²) in [5.74, 6) is -3.31. The number of aliphatic hydroxyl groups excluding tert-OH is 1. The molecule has 4 aromatic rings. The monoisotopic (exact) mass is 848 g/mol. The van der Waals surface area contributed by atoms with E-state index in [0.717, 1.165) is 21.7 Å². The van der Waals surface area contributed by atoms with Crippen LogP contribution in [0, 0.1) is 28.6 Å². The van der Waals surface area contributed by atoms with Crippen LogP contribution in [0.2, 0.25) is 5.02 Å². The number of hydrogen-bond donors (Lipinski definition) is 1. The molecular formula is C50H54ClFN2O7. The smallest absolute Gasteiger partial charge is 0.306 e. The Kier molecular flexibility index (Phi) is 12.2. The summed E-state index contributed by atoms with van der Waals surface area (Å²) in [4.78, 5) is 54.6. The van der Waals surface area contributed by atoms with Crippen LogP contribution in [0.3, 0.4) is 0 Å². The van der Waals surface area contributed by atoms with E-state index in [1.165, 1.54) is 12.2 Å². The Morgan fingerprint density at radius 2 is 1.56 bits per heavy atom. The molecule has 0 amide bonds. The molecule has 61 heavy (non-hydrogen) atoms. The van der Waals surface area contributed by atoms with Crippen LogP contribution in [0.25, 0.3) is 0 Å². The van der Waals surface area contributed by atoms with E-state index in [0.29, 0.717) is 24.8 Å². The van der Waals surface area contributed by atoms with Gasteiger partial charge in [-0.3, -0.25) is 19.2 Å². The van der Waals surface area contributed by atoms with Gasteiger partial charge in [0, 0.05) is 58.5 Å². The zero-order valence-corrected chi connectivity index (χ0v) is 36.1. The molecule has 11 heteroatoms. The lowest BCUT2D eigenvalue weighted by Gasteiger charge is -2.62. The lowest BCUT2D eigenvalue weighted by molar-refractivity contribution is -0.228. The first-order valence-electron chi connectivity index (χ1n) is 21.2. The Bertz CT molecular complexity index is 2290. The van der Waals surface area contributed by atoms with Crippen molar-refractivity contribution in [2.24, 2.45) is 28.6 Å². The van der Waals surface area contributed by atoms with E-state index in [9.17, 15) is 24.3 Å². The summed E-state index contributed by atoms with van der Waals surface area (Å²) >= 11 is 6.69. The molecule has 8 atom stereocenters. The maximum absolute atomic E-state index is 17.4. The third kappa shape index (κ3) is 6.90. The number of alkyl halides is 1. The van der Waals surface area contributed by atoms with E-state index >= 15 is 4.39 Å². The number of halogens is 2. The average molecular weight is 849 g/mol. The molecular weight excluding hydrogens is 795 g/mol. The fourth-order valence-electron chi connectivity index (χ4n) is 11.5. The molecule has 8 unspecified atom stereocenters. The topological polar surface area (TPSA) is 125 Å². The molecule has 1 aromatic heterocycles. The highest BCUT2D eigenvalue weighted by atomic mass is 35.5. The number of benzene rings is 3. The summed E-state index contributed by atoms with van der Waals surface area (Å²) < 4.78 is 30.6. The van der Waals surface area contributed by atoms with Crippen molar-refractivity contribution in [3.8, 4) is 0 Å². The average Bonchev–Trinajstić information content (AvgIpc) is 3.88. The molecule has 1 N–H and O–H groups in total. The van der Waals surface area contributed by atoms with Gasteiger partial charge in [-0.2, -0.15) is 0 Å². The number of carbonyl (C=O) groups is 4. The van der Waals surface area contributed by atoms with Crippen molar-refractivity contribution < 1.29 is 38.1 Å². The minimum atomic E-state index is -2.05. The van der Waals surface area contributed by atoms with Gasteiger partial charge in [-0.15, -0.1) is 0 Å². The number of imidazole rings is 1. The summed E-state index contributed by atoms with van der Waals surface area (Å²) in [7, 11) is 0. The van der Waals surface area contributed by atoms with Crippen molar-refractivity contribution in [3.05, 3.63) is 149 Å². The first kappa shape index (κ1) is 43.9. The van der Waals surface area contributed by atoms with Crippen LogP contribution in [-0.4, -0.2) is 62.1 Å². The number of nitrogens with zero attached hydrogens (tertiary/aromatic N) is 2. The molecule has 0 spiro atoms. The van der Waals surface area contributed by atoms with Crippen molar-refractivity contribution in [2.75, 3.05) is 6.61 Å². The molecule has 3 fully saturated rings. The molecule has 4 aliphatic rings. The van der Waals surface area contributed by atoms with Gasteiger partial charge < -0.3 is 19.1 Å². The molecule has 0 aliphatic heterocycles. The number of hydrogen-bond acceptors (Lipinski definition) is 8. The Labute approximate surface area is 362 Å². The Balaban J connectivity index is 0.000000196. The van der Waals surface area contributed by atoms with Gasteiger partial charge in [0.05, 0.1) is 12.4 Å². The number of aromatic nitrogens is 2. The zero-order valence-electron chi connectivity index (χ0n) is 35.4. The van der Waals surface area contributed by atoms with Gasteiger partial charge in [0.2, 0.25) is 5.78 Å². The van der Waals surface area contributed by atoms with Crippen molar-refractivity contribution in [1.82, 2.24) is 9.55 Å². The number of ether oxygens (including phenoxy) is 2. The van der Waals surface area contributed by atoms with E-state index < -0.39 is 69.9 Å². The van der Waals surface area contributed by atoms with Gasteiger partial charge in [0.15, 0.2) is 23.7 Å². The van der Waals surface area contributed by atoms with Gasteiger partial charge in [-0.05, 0) is 67.9 Å².